The first kappa shape index (κ1) is 15.2. The zero-order valence-corrected chi connectivity index (χ0v) is 12.5. The second-order valence-corrected chi connectivity index (χ2v) is 5.17. The third kappa shape index (κ3) is 3.45. The molecule has 6 heteroatoms. The summed E-state index contributed by atoms with van der Waals surface area (Å²) in [6.45, 7) is 2.87. The Kier molecular flexibility index (Phi) is 4.67. The number of esters is 1. The maximum Gasteiger partial charge on any atom is 0.321 e. The van der Waals surface area contributed by atoms with E-state index in [1.54, 1.807) is 36.3 Å². The number of amides is 2. The largest absolute Gasteiger partial charge is 0.497 e. The number of urea groups is 1. The van der Waals surface area contributed by atoms with Crippen LogP contribution in [0.2, 0.25) is 0 Å². The summed E-state index contributed by atoms with van der Waals surface area (Å²) in [5, 5.41) is 2.81. The van der Waals surface area contributed by atoms with Gasteiger partial charge in [0.1, 0.15) is 5.75 Å². The Morgan fingerprint density at radius 2 is 1.86 bits per heavy atom. The number of ether oxygens (including phenoxy) is 2. The first-order chi connectivity index (χ1) is 10.0. The molecule has 2 unspecified atom stereocenters. The lowest BCUT2D eigenvalue weighted by molar-refractivity contribution is -0.145. The lowest BCUT2D eigenvalue weighted by Gasteiger charge is -2.17. The van der Waals surface area contributed by atoms with Crippen LogP contribution in [-0.2, 0) is 9.53 Å². The van der Waals surface area contributed by atoms with E-state index in [0.717, 1.165) is 5.75 Å². The second kappa shape index (κ2) is 6.47. The van der Waals surface area contributed by atoms with Crippen molar-refractivity contribution in [3.63, 3.8) is 0 Å². The van der Waals surface area contributed by atoms with Gasteiger partial charge in [0.2, 0.25) is 0 Å². The predicted molar refractivity (Wildman–Crippen MR) is 78.3 cm³/mol. The molecular formula is C15H20N2O4. The van der Waals surface area contributed by atoms with Gasteiger partial charge in [-0.05, 0) is 30.2 Å². The number of hydrogen-bond donors (Lipinski definition) is 1. The monoisotopic (exact) mass is 292 g/mol. The molecule has 1 aliphatic rings. The smallest absolute Gasteiger partial charge is 0.321 e. The number of nitrogens with zero attached hydrogens (tertiary/aromatic N) is 1. The molecule has 0 aromatic heterocycles. The van der Waals surface area contributed by atoms with E-state index in [1.165, 1.54) is 7.11 Å². The molecule has 0 saturated carbocycles. The molecule has 0 aliphatic carbocycles. The Morgan fingerprint density at radius 3 is 2.43 bits per heavy atom. The third-order valence-corrected chi connectivity index (χ3v) is 3.74. The molecule has 1 fully saturated rings. The summed E-state index contributed by atoms with van der Waals surface area (Å²) >= 11 is 0. The Hall–Kier alpha value is -2.24. The Balaban J connectivity index is 1.96. The molecule has 1 aromatic rings. The first-order valence-electron chi connectivity index (χ1n) is 6.83. The van der Waals surface area contributed by atoms with Gasteiger partial charge in [-0.1, -0.05) is 6.92 Å². The minimum absolute atomic E-state index is 0.0964. The van der Waals surface area contributed by atoms with Crippen LogP contribution in [0.3, 0.4) is 0 Å². The molecule has 1 aromatic carbocycles. The van der Waals surface area contributed by atoms with E-state index in [1.807, 2.05) is 6.92 Å². The molecule has 2 amide bonds. The summed E-state index contributed by atoms with van der Waals surface area (Å²) in [7, 11) is 2.96. The molecule has 1 N–H and O–H groups in total. The van der Waals surface area contributed by atoms with Crippen molar-refractivity contribution in [3.05, 3.63) is 24.3 Å². The molecule has 1 heterocycles. The van der Waals surface area contributed by atoms with Gasteiger partial charge in [0.15, 0.2) is 0 Å². The molecule has 2 atom stereocenters. The summed E-state index contributed by atoms with van der Waals surface area (Å²) < 4.78 is 9.83. The van der Waals surface area contributed by atoms with Crippen LogP contribution in [0.25, 0.3) is 0 Å². The summed E-state index contributed by atoms with van der Waals surface area (Å²) in [5.41, 5.74) is 0.690. The van der Waals surface area contributed by atoms with Gasteiger partial charge in [0, 0.05) is 18.8 Å². The second-order valence-electron chi connectivity index (χ2n) is 5.17. The van der Waals surface area contributed by atoms with E-state index in [-0.39, 0.29) is 23.8 Å². The van der Waals surface area contributed by atoms with Gasteiger partial charge in [-0.25, -0.2) is 4.79 Å². The van der Waals surface area contributed by atoms with Gasteiger partial charge in [-0.2, -0.15) is 0 Å². The van der Waals surface area contributed by atoms with Crippen LogP contribution in [0, 0.1) is 11.8 Å². The summed E-state index contributed by atoms with van der Waals surface area (Å²) in [4.78, 5) is 25.5. The van der Waals surface area contributed by atoms with Crippen molar-refractivity contribution in [2.45, 2.75) is 6.92 Å². The molecule has 114 valence electrons. The topological polar surface area (TPSA) is 67.9 Å². The van der Waals surface area contributed by atoms with Crippen molar-refractivity contribution in [3.8, 4) is 5.75 Å². The van der Waals surface area contributed by atoms with Crippen molar-refractivity contribution in [1.82, 2.24) is 4.90 Å². The third-order valence-electron chi connectivity index (χ3n) is 3.74. The molecular weight excluding hydrogens is 272 g/mol. The average molecular weight is 292 g/mol. The number of nitrogens with one attached hydrogen (secondary N) is 1. The van der Waals surface area contributed by atoms with Crippen molar-refractivity contribution in [1.29, 1.82) is 0 Å². The number of carbonyl (C=O) groups excluding carboxylic acids is 2. The number of benzene rings is 1. The Bertz CT molecular complexity index is 515. The number of anilines is 1. The van der Waals surface area contributed by atoms with Crippen LogP contribution in [0.4, 0.5) is 10.5 Å². The predicted octanol–water partition coefficient (Wildman–Crippen LogP) is 1.97. The van der Waals surface area contributed by atoms with Gasteiger partial charge < -0.3 is 19.7 Å². The zero-order valence-electron chi connectivity index (χ0n) is 12.5. The van der Waals surface area contributed by atoms with Gasteiger partial charge in [0.05, 0.1) is 20.1 Å². The lowest BCUT2D eigenvalue weighted by Crippen LogP contribution is -2.34. The fourth-order valence-corrected chi connectivity index (χ4v) is 2.47. The van der Waals surface area contributed by atoms with Crippen LogP contribution in [0.15, 0.2) is 24.3 Å². The highest BCUT2D eigenvalue weighted by Gasteiger charge is 2.37. The molecule has 1 aliphatic heterocycles. The number of carbonyl (C=O) groups is 2. The fourth-order valence-electron chi connectivity index (χ4n) is 2.47. The maximum absolute atomic E-state index is 12.2. The number of hydrogen-bond acceptors (Lipinski definition) is 4. The van der Waals surface area contributed by atoms with E-state index in [9.17, 15) is 9.59 Å². The van der Waals surface area contributed by atoms with Gasteiger partial charge in [-0.3, -0.25) is 4.79 Å². The molecule has 21 heavy (non-hydrogen) atoms. The molecule has 1 saturated heterocycles. The molecule has 0 radical (unpaired) electrons. The van der Waals surface area contributed by atoms with Crippen LogP contribution in [0.1, 0.15) is 6.92 Å². The maximum atomic E-state index is 12.2. The van der Waals surface area contributed by atoms with Crippen LogP contribution < -0.4 is 10.1 Å². The average Bonchev–Trinajstić information content (AvgIpc) is 2.89. The Labute approximate surface area is 124 Å². The van der Waals surface area contributed by atoms with Crippen LogP contribution in [-0.4, -0.2) is 44.2 Å². The van der Waals surface area contributed by atoms with Crippen LogP contribution >= 0.6 is 0 Å². The van der Waals surface area contributed by atoms with Crippen molar-refractivity contribution >= 4 is 17.7 Å². The number of methoxy groups -OCH3 is 2. The lowest BCUT2D eigenvalue weighted by atomic mass is 9.99. The quantitative estimate of drug-likeness (QED) is 0.865. The SMILES string of the molecule is COC(=O)C1CN(C(=O)Nc2ccc(OC)cc2)CC1C. The standard InChI is InChI=1S/C15H20N2O4/c1-10-8-17(9-13(10)14(18)21-3)15(19)16-11-4-6-12(20-2)7-5-11/h4-7,10,13H,8-9H2,1-3H3,(H,16,19). The van der Waals surface area contributed by atoms with Crippen molar-refractivity contribution in [2.24, 2.45) is 11.8 Å². The number of likely N-dealkylation sites (tertiary alicyclic amines) is 1. The van der Waals surface area contributed by atoms with Crippen molar-refractivity contribution in [2.75, 3.05) is 32.6 Å². The summed E-state index contributed by atoms with van der Waals surface area (Å²) in [6, 6.07) is 6.89. The highest BCUT2D eigenvalue weighted by atomic mass is 16.5. The molecule has 0 spiro atoms. The van der Waals surface area contributed by atoms with E-state index in [4.69, 9.17) is 9.47 Å². The van der Waals surface area contributed by atoms with Crippen LogP contribution in [0.5, 0.6) is 5.75 Å². The summed E-state index contributed by atoms with van der Waals surface area (Å²) in [6.07, 6.45) is 0. The Morgan fingerprint density at radius 1 is 1.19 bits per heavy atom. The first-order valence-corrected chi connectivity index (χ1v) is 6.83. The molecule has 2 rings (SSSR count). The molecule has 6 nitrogen and oxygen atoms in total. The highest BCUT2D eigenvalue weighted by Crippen LogP contribution is 2.25. The normalized spacial score (nSPS) is 21.0. The number of rotatable bonds is 3. The van der Waals surface area contributed by atoms with E-state index < -0.39 is 0 Å². The molecule has 0 bridgehead atoms. The van der Waals surface area contributed by atoms with E-state index >= 15 is 0 Å². The summed E-state index contributed by atoms with van der Waals surface area (Å²) in [5.74, 6) is 0.312. The van der Waals surface area contributed by atoms with E-state index in [2.05, 4.69) is 5.32 Å². The fraction of sp³-hybridized carbons (Fsp3) is 0.467. The van der Waals surface area contributed by atoms with Gasteiger partial charge >= 0.3 is 12.0 Å². The minimum atomic E-state index is -0.262. The van der Waals surface area contributed by atoms with E-state index in [0.29, 0.717) is 18.8 Å². The zero-order chi connectivity index (χ0) is 15.4. The minimum Gasteiger partial charge on any atom is -0.497 e. The van der Waals surface area contributed by atoms with Crippen molar-refractivity contribution < 1.29 is 19.1 Å². The highest BCUT2D eigenvalue weighted by molar-refractivity contribution is 5.90. The van der Waals surface area contributed by atoms with Gasteiger partial charge in [-0.15, -0.1) is 0 Å². The van der Waals surface area contributed by atoms with Gasteiger partial charge in [0.25, 0.3) is 0 Å².